The summed E-state index contributed by atoms with van der Waals surface area (Å²) in [5.74, 6) is -0.227. The SMILES string of the molecule is C[C@@H]1[C@@H]2[C@H]3OC(=O)[C@@H](C)[C@@H]3[C@@H](O)C[C@@]2(C)CC[C@@H]1O. The van der Waals surface area contributed by atoms with Crippen molar-refractivity contribution in [3.8, 4) is 0 Å². The number of esters is 1. The number of hydrogen-bond donors (Lipinski definition) is 2. The van der Waals surface area contributed by atoms with Gasteiger partial charge in [0.05, 0.1) is 18.1 Å². The third-order valence-electron chi connectivity index (χ3n) is 6.04. The average molecular weight is 268 g/mol. The molecule has 0 spiro atoms. The summed E-state index contributed by atoms with van der Waals surface area (Å²) in [5.41, 5.74) is -0.0242. The van der Waals surface area contributed by atoms with Crippen LogP contribution in [0.1, 0.15) is 40.0 Å². The summed E-state index contributed by atoms with van der Waals surface area (Å²) < 4.78 is 5.59. The van der Waals surface area contributed by atoms with Crippen molar-refractivity contribution in [2.75, 3.05) is 0 Å². The molecule has 0 radical (unpaired) electrons. The van der Waals surface area contributed by atoms with Gasteiger partial charge >= 0.3 is 5.97 Å². The summed E-state index contributed by atoms with van der Waals surface area (Å²) in [4.78, 5) is 11.9. The zero-order chi connectivity index (χ0) is 13.9. The van der Waals surface area contributed by atoms with Gasteiger partial charge < -0.3 is 14.9 Å². The average Bonchev–Trinajstić information content (AvgIpc) is 2.61. The van der Waals surface area contributed by atoms with Gasteiger partial charge in [0.1, 0.15) is 6.10 Å². The van der Waals surface area contributed by atoms with Gasteiger partial charge in [0, 0.05) is 11.8 Å². The molecule has 0 unspecified atom stereocenters. The molecule has 4 nitrogen and oxygen atoms in total. The molecule has 1 saturated heterocycles. The summed E-state index contributed by atoms with van der Waals surface area (Å²) in [7, 11) is 0. The minimum Gasteiger partial charge on any atom is -0.461 e. The molecule has 4 heteroatoms. The van der Waals surface area contributed by atoms with E-state index in [1.165, 1.54) is 0 Å². The normalized spacial score (nSPS) is 57.3. The van der Waals surface area contributed by atoms with E-state index in [1.54, 1.807) is 0 Å². The second-order valence-corrected chi connectivity index (χ2v) is 7.18. The quantitative estimate of drug-likeness (QED) is 0.651. The highest BCUT2D eigenvalue weighted by Gasteiger charge is 2.61. The zero-order valence-corrected chi connectivity index (χ0v) is 11.9. The Balaban J connectivity index is 1.98. The lowest BCUT2D eigenvalue weighted by Crippen LogP contribution is -2.57. The van der Waals surface area contributed by atoms with Crippen molar-refractivity contribution in [2.45, 2.75) is 58.3 Å². The summed E-state index contributed by atoms with van der Waals surface area (Å²) in [6, 6.07) is 0. The molecule has 8 atom stereocenters. The largest absolute Gasteiger partial charge is 0.461 e. The van der Waals surface area contributed by atoms with Crippen LogP contribution in [0.2, 0.25) is 0 Å². The van der Waals surface area contributed by atoms with Crippen molar-refractivity contribution < 1.29 is 19.7 Å². The summed E-state index contributed by atoms with van der Waals surface area (Å²) in [6.45, 7) is 6.08. The van der Waals surface area contributed by atoms with Crippen LogP contribution in [0.5, 0.6) is 0 Å². The molecule has 19 heavy (non-hydrogen) atoms. The molecule has 108 valence electrons. The van der Waals surface area contributed by atoms with Gasteiger partial charge in [-0.3, -0.25) is 4.79 Å². The molecule has 2 saturated carbocycles. The van der Waals surface area contributed by atoms with E-state index in [0.29, 0.717) is 0 Å². The van der Waals surface area contributed by atoms with Crippen molar-refractivity contribution in [1.29, 1.82) is 0 Å². The Morgan fingerprint density at radius 2 is 1.95 bits per heavy atom. The first-order valence-electron chi connectivity index (χ1n) is 7.42. The number of aliphatic hydroxyl groups is 2. The van der Waals surface area contributed by atoms with E-state index in [-0.39, 0.29) is 47.3 Å². The molecule has 2 aliphatic carbocycles. The Morgan fingerprint density at radius 1 is 1.26 bits per heavy atom. The van der Waals surface area contributed by atoms with Gasteiger partial charge in [0.25, 0.3) is 0 Å². The molecule has 3 rings (SSSR count). The van der Waals surface area contributed by atoms with Gasteiger partial charge in [-0.15, -0.1) is 0 Å². The Labute approximate surface area is 114 Å². The molecule has 0 bridgehead atoms. The first-order valence-corrected chi connectivity index (χ1v) is 7.42. The molecule has 0 aromatic carbocycles. The molecule has 0 amide bonds. The number of carbonyl (C=O) groups excluding carboxylic acids is 1. The highest BCUT2D eigenvalue weighted by atomic mass is 16.6. The van der Waals surface area contributed by atoms with Crippen LogP contribution in [-0.2, 0) is 9.53 Å². The van der Waals surface area contributed by atoms with Crippen LogP contribution < -0.4 is 0 Å². The lowest BCUT2D eigenvalue weighted by atomic mass is 9.52. The van der Waals surface area contributed by atoms with E-state index >= 15 is 0 Å². The van der Waals surface area contributed by atoms with E-state index in [2.05, 4.69) is 13.8 Å². The lowest BCUT2D eigenvalue weighted by molar-refractivity contribution is -0.172. The van der Waals surface area contributed by atoms with Crippen LogP contribution >= 0.6 is 0 Å². The van der Waals surface area contributed by atoms with Crippen LogP contribution in [0, 0.1) is 29.1 Å². The Kier molecular flexibility index (Phi) is 2.95. The van der Waals surface area contributed by atoms with Crippen LogP contribution in [0.25, 0.3) is 0 Å². The minimum atomic E-state index is -0.463. The maximum Gasteiger partial charge on any atom is 0.309 e. The predicted molar refractivity (Wildman–Crippen MR) is 69.2 cm³/mol. The van der Waals surface area contributed by atoms with Gasteiger partial charge in [-0.25, -0.2) is 0 Å². The monoisotopic (exact) mass is 268 g/mol. The molecule has 2 N–H and O–H groups in total. The molecular formula is C15H24O4. The number of ether oxygens (including phenoxy) is 1. The van der Waals surface area contributed by atoms with E-state index in [9.17, 15) is 15.0 Å². The van der Waals surface area contributed by atoms with E-state index in [1.807, 2.05) is 6.92 Å². The Hall–Kier alpha value is -0.610. The number of aliphatic hydroxyl groups excluding tert-OH is 2. The second-order valence-electron chi connectivity index (χ2n) is 7.18. The van der Waals surface area contributed by atoms with Gasteiger partial charge in [0.2, 0.25) is 0 Å². The molecule has 1 aliphatic heterocycles. The number of fused-ring (bicyclic) bond motifs is 3. The van der Waals surface area contributed by atoms with Crippen LogP contribution in [-0.4, -0.2) is 34.5 Å². The fraction of sp³-hybridized carbons (Fsp3) is 0.933. The van der Waals surface area contributed by atoms with E-state index < -0.39 is 6.10 Å². The fourth-order valence-electron chi connectivity index (χ4n) is 4.96. The topological polar surface area (TPSA) is 66.8 Å². The van der Waals surface area contributed by atoms with Gasteiger partial charge in [-0.1, -0.05) is 20.8 Å². The molecule has 1 heterocycles. The zero-order valence-electron chi connectivity index (χ0n) is 11.9. The van der Waals surface area contributed by atoms with Crippen molar-refractivity contribution in [3.05, 3.63) is 0 Å². The molecule has 0 aromatic heterocycles. The standard InChI is InChI=1S/C15H24O4/c1-7-9(16)4-5-15(3)6-10(17)11-8(2)14(18)19-13(11)12(7)15/h7-13,16-17H,4-6H2,1-3H3/t7-,8-,9-,10-,11+,12+,13-,15+/m0/s1. The smallest absolute Gasteiger partial charge is 0.309 e. The number of hydrogen-bond acceptors (Lipinski definition) is 4. The first kappa shape index (κ1) is 13.4. The van der Waals surface area contributed by atoms with Gasteiger partial charge in [0.15, 0.2) is 0 Å². The molecule has 3 fully saturated rings. The van der Waals surface area contributed by atoms with Crippen LogP contribution in [0.4, 0.5) is 0 Å². The number of carbonyl (C=O) groups is 1. The Bertz CT molecular complexity index is 396. The third-order valence-corrected chi connectivity index (χ3v) is 6.04. The third kappa shape index (κ3) is 1.76. The molecule has 0 aromatic rings. The van der Waals surface area contributed by atoms with Gasteiger partial charge in [-0.2, -0.15) is 0 Å². The molecule has 3 aliphatic rings. The van der Waals surface area contributed by atoms with Crippen molar-refractivity contribution in [2.24, 2.45) is 29.1 Å². The maximum absolute atomic E-state index is 11.9. The first-order chi connectivity index (χ1) is 8.85. The van der Waals surface area contributed by atoms with Crippen molar-refractivity contribution in [3.63, 3.8) is 0 Å². The maximum atomic E-state index is 11.9. The second kappa shape index (κ2) is 4.19. The predicted octanol–water partition coefficient (Wildman–Crippen LogP) is 1.34. The highest BCUT2D eigenvalue weighted by Crippen LogP contribution is 2.57. The summed E-state index contributed by atoms with van der Waals surface area (Å²) in [5, 5.41) is 20.6. The van der Waals surface area contributed by atoms with Crippen molar-refractivity contribution >= 4 is 5.97 Å². The summed E-state index contributed by atoms with van der Waals surface area (Å²) in [6.07, 6.45) is 1.40. The van der Waals surface area contributed by atoms with Crippen LogP contribution in [0.3, 0.4) is 0 Å². The fourth-order valence-corrected chi connectivity index (χ4v) is 4.96. The van der Waals surface area contributed by atoms with E-state index in [0.717, 1.165) is 19.3 Å². The lowest BCUT2D eigenvalue weighted by Gasteiger charge is -2.55. The Morgan fingerprint density at radius 3 is 2.63 bits per heavy atom. The summed E-state index contributed by atoms with van der Waals surface area (Å²) >= 11 is 0. The number of rotatable bonds is 0. The van der Waals surface area contributed by atoms with Gasteiger partial charge in [-0.05, 0) is 30.6 Å². The highest BCUT2D eigenvalue weighted by molar-refractivity contribution is 5.75. The van der Waals surface area contributed by atoms with Crippen molar-refractivity contribution in [1.82, 2.24) is 0 Å². The molecular weight excluding hydrogens is 244 g/mol. The van der Waals surface area contributed by atoms with E-state index in [4.69, 9.17) is 4.74 Å². The van der Waals surface area contributed by atoms with Crippen LogP contribution in [0.15, 0.2) is 0 Å². The minimum absolute atomic E-state index is 0.0242.